The van der Waals surface area contributed by atoms with Gasteiger partial charge in [0, 0.05) is 32.9 Å². The normalized spacial score (nSPS) is 14.0. The van der Waals surface area contributed by atoms with Crippen LogP contribution < -0.4 is 9.80 Å². The Balaban J connectivity index is 1.86. The van der Waals surface area contributed by atoms with Crippen LogP contribution in [0.4, 0.5) is 15.8 Å². The summed E-state index contributed by atoms with van der Waals surface area (Å²) in [6, 6.07) is 6.50. The summed E-state index contributed by atoms with van der Waals surface area (Å²) in [5, 5.41) is 4.25. The number of aromatic nitrogens is 2. The van der Waals surface area contributed by atoms with Gasteiger partial charge in [-0.15, -0.1) is 0 Å². The molecule has 1 aromatic heterocycles. The van der Waals surface area contributed by atoms with Crippen molar-refractivity contribution in [1.29, 1.82) is 0 Å². The number of anilines is 2. The van der Waals surface area contributed by atoms with Gasteiger partial charge in [0.2, 0.25) is 5.91 Å². The first kappa shape index (κ1) is 15.5. The second-order valence-electron chi connectivity index (χ2n) is 5.82. The number of carbonyl (C=O) groups excluding carboxylic acids is 1. The number of halogens is 1. The Kier molecular flexibility index (Phi) is 4.32. The Bertz CT molecular complexity index is 712. The van der Waals surface area contributed by atoms with Crippen molar-refractivity contribution in [3.05, 3.63) is 42.0 Å². The number of nitrogens with zero attached hydrogens (tertiary/aromatic N) is 4. The molecule has 23 heavy (non-hydrogen) atoms. The third-order valence-electron chi connectivity index (χ3n) is 4.06. The van der Waals surface area contributed by atoms with E-state index in [9.17, 15) is 9.18 Å². The maximum Gasteiger partial charge on any atom is 0.233 e. The van der Waals surface area contributed by atoms with Gasteiger partial charge in [-0.05, 0) is 30.7 Å². The molecule has 1 amide bonds. The number of amides is 1. The van der Waals surface area contributed by atoms with Gasteiger partial charge in [0.15, 0.2) is 0 Å². The molecule has 3 rings (SSSR count). The first-order valence-electron chi connectivity index (χ1n) is 7.92. The predicted molar refractivity (Wildman–Crippen MR) is 88.2 cm³/mol. The minimum absolute atomic E-state index is 0.0494. The fraction of sp³-hybridized carbons (Fsp3) is 0.412. The van der Waals surface area contributed by atoms with Crippen molar-refractivity contribution in [3.8, 4) is 0 Å². The van der Waals surface area contributed by atoms with Gasteiger partial charge in [-0.25, -0.2) is 4.39 Å². The lowest BCUT2D eigenvalue weighted by Gasteiger charge is -2.37. The number of rotatable bonds is 4. The third-order valence-corrected chi connectivity index (χ3v) is 4.06. The fourth-order valence-corrected chi connectivity index (χ4v) is 3.01. The molecule has 0 aliphatic carbocycles. The Morgan fingerprint density at radius 3 is 2.78 bits per heavy atom. The second-order valence-corrected chi connectivity index (χ2v) is 5.82. The maximum absolute atomic E-state index is 13.7. The van der Waals surface area contributed by atoms with Crippen molar-refractivity contribution < 1.29 is 9.18 Å². The monoisotopic (exact) mass is 316 g/mol. The summed E-state index contributed by atoms with van der Waals surface area (Å²) in [7, 11) is 1.82. The number of hydrogen-bond acceptors (Lipinski definition) is 3. The molecule has 1 aliphatic heterocycles. The molecule has 122 valence electrons. The number of aryl methyl sites for hydroxylation is 1. The smallest absolute Gasteiger partial charge is 0.233 e. The van der Waals surface area contributed by atoms with Crippen LogP contribution >= 0.6 is 0 Å². The van der Waals surface area contributed by atoms with E-state index >= 15 is 0 Å². The van der Waals surface area contributed by atoms with Crippen LogP contribution in [-0.4, -0.2) is 35.3 Å². The highest BCUT2D eigenvalue weighted by Crippen LogP contribution is 2.34. The zero-order chi connectivity index (χ0) is 16.4. The molecule has 0 atom stereocenters. The van der Waals surface area contributed by atoms with Crippen LogP contribution in [0, 0.1) is 5.82 Å². The van der Waals surface area contributed by atoms with Crippen molar-refractivity contribution in [2.75, 3.05) is 29.4 Å². The Morgan fingerprint density at radius 2 is 2.09 bits per heavy atom. The zero-order valence-corrected chi connectivity index (χ0v) is 13.5. The van der Waals surface area contributed by atoms with Crippen molar-refractivity contribution in [1.82, 2.24) is 9.78 Å². The van der Waals surface area contributed by atoms with Gasteiger partial charge in [0.25, 0.3) is 0 Å². The van der Waals surface area contributed by atoms with E-state index in [0.717, 1.165) is 30.9 Å². The summed E-state index contributed by atoms with van der Waals surface area (Å²) in [6.45, 7) is 4.35. The van der Waals surface area contributed by atoms with Gasteiger partial charge in [0.05, 0.1) is 23.5 Å². The summed E-state index contributed by atoms with van der Waals surface area (Å²) in [6.07, 6.45) is 3.05. The lowest BCUT2D eigenvalue weighted by Crippen LogP contribution is -2.45. The van der Waals surface area contributed by atoms with Gasteiger partial charge in [0.1, 0.15) is 5.82 Å². The van der Waals surface area contributed by atoms with E-state index in [4.69, 9.17) is 0 Å². The van der Waals surface area contributed by atoms with Crippen molar-refractivity contribution in [3.63, 3.8) is 0 Å². The molecule has 1 aliphatic rings. The molecule has 0 N–H and O–H groups in total. The molecule has 0 unspecified atom stereocenters. The van der Waals surface area contributed by atoms with E-state index in [-0.39, 0.29) is 18.1 Å². The van der Waals surface area contributed by atoms with Crippen molar-refractivity contribution in [2.45, 2.75) is 19.8 Å². The van der Waals surface area contributed by atoms with Gasteiger partial charge in [-0.3, -0.25) is 9.48 Å². The molecule has 2 aromatic rings. The lowest BCUT2D eigenvalue weighted by molar-refractivity contribution is -0.118. The summed E-state index contributed by atoms with van der Waals surface area (Å²) in [5.74, 6) is -0.371. The van der Waals surface area contributed by atoms with Crippen LogP contribution in [0.5, 0.6) is 0 Å². The number of benzene rings is 1. The maximum atomic E-state index is 13.7. The number of hydrogen-bond donors (Lipinski definition) is 0. The van der Waals surface area contributed by atoms with Gasteiger partial charge >= 0.3 is 0 Å². The van der Waals surface area contributed by atoms with Gasteiger partial charge in [-0.1, -0.05) is 6.92 Å². The minimum Gasteiger partial charge on any atom is -0.368 e. The molecular formula is C17H21FN4O. The number of fused-ring (bicyclic) bond motifs is 1. The fourth-order valence-electron chi connectivity index (χ4n) is 3.01. The minimum atomic E-state index is -0.322. The molecule has 2 heterocycles. The molecule has 0 saturated heterocycles. The first-order valence-corrected chi connectivity index (χ1v) is 7.92. The van der Waals surface area contributed by atoms with Gasteiger partial charge in [-0.2, -0.15) is 5.10 Å². The Labute approximate surface area is 135 Å². The van der Waals surface area contributed by atoms with Gasteiger partial charge < -0.3 is 9.80 Å². The van der Waals surface area contributed by atoms with E-state index in [0.29, 0.717) is 12.2 Å². The van der Waals surface area contributed by atoms with Crippen LogP contribution in [0.25, 0.3) is 0 Å². The van der Waals surface area contributed by atoms with Crippen molar-refractivity contribution in [2.24, 2.45) is 7.05 Å². The summed E-state index contributed by atoms with van der Waals surface area (Å²) in [5.41, 5.74) is 2.31. The van der Waals surface area contributed by atoms with Crippen LogP contribution in [0.1, 0.15) is 19.0 Å². The predicted octanol–water partition coefficient (Wildman–Crippen LogP) is 2.36. The standard InChI is InChI=1S/C17H21FN4O/c1-3-7-21-9-10-22(16-11-13(18)4-5-15(16)21)17(23)12-14-6-8-20(2)19-14/h4-6,8,11H,3,7,9-10,12H2,1-2H3. The van der Waals surface area contributed by atoms with Crippen LogP contribution in [0.15, 0.2) is 30.5 Å². The van der Waals surface area contributed by atoms with E-state index in [1.165, 1.54) is 12.1 Å². The molecule has 0 saturated carbocycles. The summed E-state index contributed by atoms with van der Waals surface area (Å²) in [4.78, 5) is 16.5. The average molecular weight is 316 g/mol. The van der Waals surface area contributed by atoms with E-state index in [1.54, 1.807) is 15.6 Å². The summed E-state index contributed by atoms with van der Waals surface area (Å²) >= 11 is 0. The Morgan fingerprint density at radius 1 is 1.26 bits per heavy atom. The molecule has 6 heteroatoms. The Hall–Kier alpha value is -2.37. The SMILES string of the molecule is CCCN1CCN(C(=O)Cc2ccn(C)n2)c2cc(F)ccc21. The topological polar surface area (TPSA) is 41.4 Å². The largest absolute Gasteiger partial charge is 0.368 e. The van der Waals surface area contributed by atoms with E-state index in [1.807, 2.05) is 19.3 Å². The van der Waals surface area contributed by atoms with Crippen LogP contribution in [0.3, 0.4) is 0 Å². The van der Waals surface area contributed by atoms with Crippen LogP contribution in [-0.2, 0) is 18.3 Å². The molecule has 0 spiro atoms. The van der Waals surface area contributed by atoms with E-state index < -0.39 is 0 Å². The highest BCUT2D eigenvalue weighted by molar-refractivity contribution is 5.98. The highest BCUT2D eigenvalue weighted by atomic mass is 19.1. The van der Waals surface area contributed by atoms with E-state index in [2.05, 4.69) is 16.9 Å². The molecule has 0 fully saturated rings. The quantitative estimate of drug-likeness (QED) is 0.869. The molecular weight excluding hydrogens is 295 g/mol. The first-order chi connectivity index (χ1) is 11.1. The third kappa shape index (κ3) is 3.21. The molecule has 0 radical (unpaired) electrons. The second kappa shape index (κ2) is 6.40. The lowest BCUT2D eigenvalue weighted by atomic mass is 10.1. The number of carbonyl (C=O) groups is 1. The zero-order valence-electron chi connectivity index (χ0n) is 13.5. The molecule has 0 bridgehead atoms. The summed E-state index contributed by atoms with van der Waals surface area (Å²) < 4.78 is 15.4. The van der Waals surface area contributed by atoms with Crippen molar-refractivity contribution >= 4 is 17.3 Å². The molecule has 1 aromatic carbocycles. The highest BCUT2D eigenvalue weighted by Gasteiger charge is 2.27. The molecule has 5 nitrogen and oxygen atoms in total. The average Bonchev–Trinajstić information content (AvgIpc) is 2.92. The van der Waals surface area contributed by atoms with Crippen LogP contribution in [0.2, 0.25) is 0 Å².